The van der Waals surface area contributed by atoms with E-state index in [1.807, 2.05) is 0 Å². The van der Waals surface area contributed by atoms with Gasteiger partial charge >= 0.3 is 0 Å². The number of aryl methyl sites for hydroxylation is 2. The Morgan fingerprint density at radius 2 is 1.74 bits per heavy atom. The maximum Gasteiger partial charge on any atom is 0.217 e. The average molecular weight is 417 g/mol. The van der Waals surface area contributed by atoms with Crippen LogP contribution in [0.15, 0.2) is 42.5 Å². The summed E-state index contributed by atoms with van der Waals surface area (Å²) < 4.78 is 0. The van der Waals surface area contributed by atoms with Crippen LogP contribution in [0.2, 0.25) is 0 Å². The predicted molar refractivity (Wildman–Crippen MR) is 131 cm³/mol. The maximum absolute atomic E-state index is 11.3. The molecule has 3 heteroatoms. The smallest absolute Gasteiger partial charge is 0.217 e. The zero-order valence-electron chi connectivity index (χ0n) is 19.9. The summed E-state index contributed by atoms with van der Waals surface area (Å²) in [5.74, 6) is 0.266. The van der Waals surface area contributed by atoms with Gasteiger partial charge in [-0.2, -0.15) is 0 Å². The number of rotatable bonds is 7. The average Bonchev–Trinajstić information content (AvgIpc) is 2.66. The highest BCUT2D eigenvalue weighted by molar-refractivity contribution is 5.97. The molecule has 3 aromatic rings. The predicted octanol–water partition coefficient (Wildman–Crippen LogP) is 6.42. The number of hydrogen-bond acceptors (Lipinski definition) is 2. The van der Waals surface area contributed by atoms with Gasteiger partial charge in [-0.25, -0.2) is 0 Å². The number of pyridine rings is 1. The number of amides is 1. The Morgan fingerprint density at radius 3 is 2.32 bits per heavy atom. The lowest BCUT2D eigenvalue weighted by molar-refractivity contribution is -0.117. The van der Waals surface area contributed by atoms with Gasteiger partial charge in [-0.3, -0.25) is 9.78 Å². The van der Waals surface area contributed by atoms with Crippen LogP contribution in [0.4, 0.5) is 0 Å². The number of primary amides is 1. The molecule has 0 spiro atoms. The minimum Gasteiger partial charge on any atom is -0.370 e. The topological polar surface area (TPSA) is 56.0 Å². The summed E-state index contributed by atoms with van der Waals surface area (Å²) in [6.45, 7) is 13.5. The molecule has 0 fully saturated rings. The number of benzene rings is 2. The van der Waals surface area contributed by atoms with E-state index in [2.05, 4.69) is 84.0 Å². The third-order valence-electron chi connectivity index (χ3n) is 5.54. The molecule has 1 aromatic heterocycles. The second-order valence-corrected chi connectivity index (χ2v) is 10.4. The summed E-state index contributed by atoms with van der Waals surface area (Å²) in [5, 5.41) is 1.16. The number of carbonyl (C=O) groups excluding carboxylic acids is 1. The van der Waals surface area contributed by atoms with Crippen molar-refractivity contribution in [3.8, 4) is 11.1 Å². The molecule has 0 saturated heterocycles. The molecule has 2 N–H and O–H groups in total. The van der Waals surface area contributed by atoms with Crippen LogP contribution in [0.5, 0.6) is 0 Å². The Balaban J connectivity index is 2.32. The number of carbonyl (C=O) groups is 1. The van der Waals surface area contributed by atoms with E-state index in [4.69, 9.17) is 10.7 Å². The van der Waals surface area contributed by atoms with Gasteiger partial charge in [-0.05, 0) is 71.9 Å². The first-order valence-electron chi connectivity index (χ1n) is 11.3. The number of fused-ring (bicyclic) bond motifs is 1. The second kappa shape index (κ2) is 9.21. The molecule has 0 aliphatic rings. The molecule has 0 aliphatic carbocycles. The molecule has 0 radical (unpaired) electrons. The standard InChI is InChI=1S/C28H36N2O/c1-18(2)15-25-23(17-28(4,5)6)27(21-11-7-19(3)8-12-21)22-16-20(10-14-26(29)31)9-13-24(22)30-25/h7-9,11-13,16,18H,10,14-15,17H2,1-6H3,(H2,29,31). The van der Waals surface area contributed by atoms with Crippen LogP contribution in [0.1, 0.15) is 63.4 Å². The highest BCUT2D eigenvalue weighted by atomic mass is 16.1. The maximum atomic E-state index is 11.3. The normalized spacial score (nSPS) is 12.0. The lowest BCUT2D eigenvalue weighted by Gasteiger charge is -2.25. The first-order chi connectivity index (χ1) is 14.5. The van der Waals surface area contributed by atoms with Gasteiger partial charge in [-0.15, -0.1) is 0 Å². The van der Waals surface area contributed by atoms with Gasteiger partial charge in [0.25, 0.3) is 0 Å². The van der Waals surface area contributed by atoms with E-state index in [9.17, 15) is 4.79 Å². The fourth-order valence-corrected chi connectivity index (χ4v) is 4.15. The second-order valence-electron chi connectivity index (χ2n) is 10.4. The monoisotopic (exact) mass is 416 g/mol. The molecule has 0 unspecified atom stereocenters. The highest BCUT2D eigenvalue weighted by Crippen LogP contribution is 2.38. The van der Waals surface area contributed by atoms with E-state index in [0.29, 0.717) is 18.8 Å². The van der Waals surface area contributed by atoms with Gasteiger partial charge in [0.05, 0.1) is 5.52 Å². The molecule has 164 valence electrons. The van der Waals surface area contributed by atoms with Gasteiger partial charge in [-0.1, -0.05) is 70.5 Å². The van der Waals surface area contributed by atoms with E-state index in [1.165, 1.54) is 27.9 Å². The lowest BCUT2D eigenvalue weighted by atomic mass is 9.81. The summed E-state index contributed by atoms with van der Waals surface area (Å²) in [4.78, 5) is 16.5. The summed E-state index contributed by atoms with van der Waals surface area (Å²) >= 11 is 0. The molecule has 0 bridgehead atoms. The molecular weight excluding hydrogens is 380 g/mol. The Labute approximate surface area is 187 Å². The largest absolute Gasteiger partial charge is 0.370 e. The van der Waals surface area contributed by atoms with Crippen LogP contribution in [0, 0.1) is 18.3 Å². The van der Waals surface area contributed by atoms with Gasteiger partial charge in [0.2, 0.25) is 5.91 Å². The molecule has 3 nitrogen and oxygen atoms in total. The zero-order chi connectivity index (χ0) is 22.8. The number of nitrogens with two attached hydrogens (primary N) is 1. The van der Waals surface area contributed by atoms with E-state index in [-0.39, 0.29) is 11.3 Å². The lowest BCUT2D eigenvalue weighted by Crippen LogP contribution is -2.15. The SMILES string of the molecule is Cc1ccc(-c2c(CC(C)(C)C)c(CC(C)C)nc3ccc(CCC(N)=O)cc23)cc1. The van der Waals surface area contributed by atoms with Crippen molar-refractivity contribution >= 4 is 16.8 Å². The van der Waals surface area contributed by atoms with Crippen molar-refractivity contribution in [3.05, 3.63) is 64.8 Å². The first-order valence-corrected chi connectivity index (χ1v) is 11.3. The molecule has 1 amide bonds. The minimum atomic E-state index is -0.266. The van der Waals surface area contributed by atoms with Crippen LogP contribution in [0.25, 0.3) is 22.0 Å². The van der Waals surface area contributed by atoms with Crippen LogP contribution >= 0.6 is 0 Å². The highest BCUT2D eigenvalue weighted by Gasteiger charge is 2.22. The molecule has 0 atom stereocenters. The van der Waals surface area contributed by atoms with Crippen molar-refractivity contribution in [2.75, 3.05) is 0 Å². The Kier molecular flexibility index (Phi) is 6.83. The van der Waals surface area contributed by atoms with Crippen molar-refractivity contribution in [2.45, 2.75) is 67.2 Å². The van der Waals surface area contributed by atoms with E-state index >= 15 is 0 Å². The van der Waals surface area contributed by atoms with Gasteiger partial charge in [0.15, 0.2) is 0 Å². The van der Waals surface area contributed by atoms with Crippen LogP contribution in [0.3, 0.4) is 0 Å². The van der Waals surface area contributed by atoms with E-state index in [1.54, 1.807) is 0 Å². The summed E-state index contributed by atoms with van der Waals surface area (Å²) in [5.41, 5.74) is 14.0. The molecule has 2 aromatic carbocycles. The van der Waals surface area contributed by atoms with Crippen molar-refractivity contribution < 1.29 is 4.79 Å². The number of nitrogens with zero attached hydrogens (tertiary/aromatic N) is 1. The Hall–Kier alpha value is -2.68. The molecule has 0 saturated carbocycles. The summed E-state index contributed by atoms with van der Waals surface area (Å²) in [7, 11) is 0. The summed E-state index contributed by atoms with van der Waals surface area (Å²) in [6, 6.07) is 15.2. The first kappa shape index (κ1) is 23.0. The molecule has 31 heavy (non-hydrogen) atoms. The van der Waals surface area contributed by atoms with Crippen LogP contribution < -0.4 is 5.73 Å². The number of hydrogen-bond donors (Lipinski definition) is 1. The van der Waals surface area contributed by atoms with Gasteiger partial charge < -0.3 is 5.73 Å². The van der Waals surface area contributed by atoms with Crippen molar-refractivity contribution in [2.24, 2.45) is 17.1 Å². The Morgan fingerprint density at radius 1 is 1.06 bits per heavy atom. The fourth-order valence-electron chi connectivity index (χ4n) is 4.15. The van der Waals surface area contributed by atoms with Crippen LogP contribution in [-0.4, -0.2) is 10.9 Å². The fraction of sp³-hybridized carbons (Fsp3) is 0.429. The van der Waals surface area contributed by atoms with Crippen molar-refractivity contribution in [1.29, 1.82) is 0 Å². The third kappa shape index (κ3) is 5.94. The number of aromatic nitrogens is 1. The van der Waals surface area contributed by atoms with E-state index < -0.39 is 0 Å². The van der Waals surface area contributed by atoms with Gasteiger partial charge in [0, 0.05) is 17.5 Å². The van der Waals surface area contributed by atoms with Crippen molar-refractivity contribution in [1.82, 2.24) is 4.98 Å². The summed E-state index contributed by atoms with van der Waals surface area (Å²) in [6.07, 6.45) is 2.94. The quantitative estimate of drug-likeness (QED) is 0.483. The minimum absolute atomic E-state index is 0.143. The molecule has 3 rings (SSSR count). The molecule has 1 heterocycles. The third-order valence-corrected chi connectivity index (χ3v) is 5.54. The van der Waals surface area contributed by atoms with Gasteiger partial charge in [0.1, 0.15) is 0 Å². The molecule has 0 aliphatic heterocycles. The zero-order valence-corrected chi connectivity index (χ0v) is 19.9. The van der Waals surface area contributed by atoms with E-state index in [0.717, 1.165) is 29.3 Å². The van der Waals surface area contributed by atoms with Crippen molar-refractivity contribution in [3.63, 3.8) is 0 Å². The van der Waals surface area contributed by atoms with Crippen LogP contribution in [-0.2, 0) is 24.1 Å². The molecular formula is C28H36N2O. The Bertz CT molecular complexity index is 1070.